The minimum atomic E-state index is -1.02. The van der Waals surface area contributed by atoms with Crippen molar-refractivity contribution in [3.8, 4) is 5.69 Å². The Balaban J connectivity index is 2.23. The summed E-state index contributed by atoms with van der Waals surface area (Å²) in [6.07, 6.45) is 3.60. The van der Waals surface area contributed by atoms with Crippen molar-refractivity contribution in [2.24, 2.45) is 0 Å². The first-order chi connectivity index (χ1) is 9.09. The normalized spacial score (nSPS) is 14.6. The number of halogens is 2. The van der Waals surface area contributed by atoms with E-state index in [2.05, 4.69) is 5.10 Å². The van der Waals surface area contributed by atoms with Crippen molar-refractivity contribution in [2.75, 3.05) is 0 Å². The molecule has 0 spiro atoms. The van der Waals surface area contributed by atoms with Crippen LogP contribution in [0.2, 0.25) is 10.0 Å². The van der Waals surface area contributed by atoms with E-state index in [-0.39, 0.29) is 5.69 Å². The van der Waals surface area contributed by atoms with Crippen LogP contribution in [0, 0.1) is 0 Å². The number of carbonyl (C=O) groups is 1. The summed E-state index contributed by atoms with van der Waals surface area (Å²) in [5.41, 5.74) is 1.32. The Hall–Kier alpha value is -1.52. The van der Waals surface area contributed by atoms with E-state index in [0.29, 0.717) is 21.7 Å². The lowest BCUT2D eigenvalue weighted by Crippen LogP contribution is -2.10. The van der Waals surface area contributed by atoms with Crippen LogP contribution in [0.1, 0.15) is 34.8 Å². The smallest absolute Gasteiger partial charge is 0.354 e. The third-order valence-corrected chi connectivity index (χ3v) is 3.78. The molecule has 1 aromatic carbocycles. The van der Waals surface area contributed by atoms with Crippen LogP contribution in [0.15, 0.2) is 24.4 Å². The standard InChI is InChI=1S/C13H10Cl2N2O2/c14-9-2-1-3-10(15)12(9)17-11(13(18)19)8(6-16-17)7-4-5-7/h1-3,6-7H,4-5H2,(H,18,19). The summed E-state index contributed by atoms with van der Waals surface area (Å²) in [6, 6.07) is 5.03. The van der Waals surface area contributed by atoms with Gasteiger partial charge in [0.05, 0.1) is 16.2 Å². The van der Waals surface area contributed by atoms with Crippen molar-refractivity contribution >= 4 is 29.2 Å². The number of carboxylic acid groups (broad SMARTS) is 1. The lowest BCUT2D eigenvalue weighted by molar-refractivity contribution is 0.0685. The summed E-state index contributed by atoms with van der Waals surface area (Å²) in [6.45, 7) is 0. The molecule has 0 saturated heterocycles. The summed E-state index contributed by atoms with van der Waals surface area (Å²) in [5, 5.41) is 14.3. The highest BCUT2D eigenvalue weighted by atomic mass is 35.5. The average Bonchev–Trinajstić information content (AvgIpc) is 3.09. The molecule has 0 aliphatic heterocycles. The first-order valence-electron chi connectivity index (χ1n) is 5.85. The van der Waals surface area contributed by atoms with Crippen LogP contribution < -0.4 is 0 Å². The SMILES string of the molecule is O=C(O)c1c(C2CC2)cnn1-c1c(Cl)cccc1Cl. The van der Waals surface area contributed by atoms with Crippen molar-refractivity contribution in [3.05, 3.63) is 45.7 Å². The van der Waals surface area contributed by atoms with Gasteiger partial charge in [-0.15, -0.1) is 0 Å². The molecule has 2 aromatic rings. The number of carboxylic acids is 1. The third-order valence-electron chi connectivity index (χ3n) is 3.17. The molecule has 1 fully saturated rings. The van der Waals surface area contributed by atoms with Crippen LogP contribution in [0.25, 0.3) is 5.69 Å². The van der Waals surface area contributed by atoms with E-state index in [4.69, 9.17) is 23.2 Å². The van der Waals surface area contributed by atoms with Crippen molar-refractivity contribution in [2.45, 2.75) is 18.8 Å². The third kappa shape index (κ3) is 2.11. The van der Waals surface area contributed by atoms with Gasteiger partial charge in [-0.2, -0.15) is 5.10 Å². The molecule has 4 nitrogen and oxygen atoms in total. The Morgan fingerprint density at radius 3 is 2.47 bits per heavy atom. The number of aromatic nitrogens is 2. The summed E-state index contributed by atoms with van der Waals surface area (Å²) in [4.78, 5) is 11.5. The number of rotatable bonds is 3. The van der Waals surface area contributed by atoms with Crippen molar-refractivity contribution in [1.29, 1.82) is 0 Å². The topological polar surface area (TPSA) is 55.1 Å². The summed E-state index contributed by atoms with van der Waals surface area (Å²) in [5.74, 6) is -0.725. The maximum atomic E-state index is 11.5. The number of para-hydroxylation sites is 1. The van der Waals surface area contributed by atoms with E-state index in [1.54, 1.807) is 24.4 Å². The Kier molecular flexibility index (Phi) is 2.99. The molecule has 1 aliphatic carbocycles. The summed E-state index contributed by atoms with van der Waals surface area (Å²) in [7, 11) is 0. The van der Waals surface area contributed by atoms with Gasteiger partial charge in [-0.1, -0.05) is 29.3 Å². The van der Waals surface area contributed by atoms with E-state index in [0.717, 1.165) is 18.4 Å². The Morgan fingerprint density at radius 2 is 1.95 bits per heavy atom. The second-order valence-corrected chi connectivity index (χ2v) is 5.32. The van der Waals surface area contributed by atoms with E-state index < -0.39 is 5.97 Å². The van der Waals surface area contributed by atoms with Crippen molar-refractivity contribution in [1.82, 2.24) is 9.78 Å². The van der Waals surface area contributed by atoms with Crippen molar-refractivity contribution < 1.29 is 9.90 Å². The largest absolute Gasteiger partial charge is 0.476 e. The molecule has 1 aromatic heterocycles. The van der Waals surface area contributed by atoms with Crippen molar-refractivity contribution in [3.63, 3.8) is 0 Å². The second kappa shape index (κ2) is 4.54. The van der Waals surface area contributed by atoms with Gasteiger partial charge in [-0.25, -0.2) is 9.48 Å². The molecular weight excluding hydrogens is 287 g/mol. The Labute approximate surface area is 119 Å². The monoisotopic (exact) mass is 296 g/mol. The summed E-state index contributed by atoms with van der Waals surface area (Å²) < 4.78 is 1.32. The second-order valence-electron chi connectivity index (χ2n) is 4.51. The fourth-order valence-corrected chi connectivity index (χ4v) is 2.69. The molecule has 1 saturated carbocycles. The van der Waals surface area contributed by atoms with Crippen LogP contribution in [0.3, 0.4) is 0 Å². The number of hydrogen-bond donors (Lipinski definition) is 1. The number of aromatic carboxylic acids is 1. The fraction of sp³-hybridized carbons (Fsp3) is 0.231. The summed E-state index contributed by atoms with van der Waals surface area (Å²) >= 11 is 12.2. The molecule has 6 heteroatoms. The molecule has 0 atom stereocenters. The van der Waals surface area contributed by atoms with Gasteiger partial charge >= 0.3 is 5.97 Å². The zero-order valence-corrected chi connectivity index (χ0v) is 11.3. The zero-order chi connectivity index (χ0) is 13.6. The maximum absolute atomic E-state index is 11.5. The highest BCUT2D eigenvalue weighted by Gasteiger charge is 2.32. The van der Waals surface area contributed by atoms with E-state index >= 15 is 0 Å². The molecule has 19 heavy (non-hydrogen) atoms. The molecule has 0 radical (unpaired) electrons. The number of hydrogen-bond acceptors (Lipinski definition) is 2. The molecular formula is C13H10Cl2N2O2. The first-order valence-corrected chi connectivity index (χ1v) is 6.60. The van der Waals surface area contributed by atoms with E-state index in [1.807, 2.05) is 0 Å². The van der Waals surface area contributed by atoms with Crippen LogP contribution in [0.5, 0.6) is 0 Å². The molecule has 98 valence electrons. The van der Waals surface area contributed by atoms with Gasteiger partial charge < -0.3 is 5.11 Å². The molecule has 0 unspecified atom stereocenters. The van der Waals surface area contributed by atoms with Gasteiger partial charge in [-0.3, -0.25) is 0 Å². The predicted octanol–water partition coefficient (Wildman–Crippen LogP) is 3.75. The molecule has 0 amide bonds. The van der Waals surface area contributed by atoms with Crippen LogP contribution >= 0.6 is 23.2 Å². The quantitative estimate of drug-likeness (QED) is 0.938. The minimum absolute atomic E-state index is 0.150. The predicted molar refractivity (Wildman–Crippen MR) is 72.5 cm³/mol. The van der Waals surface area contributed by atoms with Crippen LogP contribution in [-0.4, -0.2) is 20.9 Å². The van der Waals surface area contributed by atoms with Gasteiger partial charge in [0, 0.05) is 5.56 Å². The van der Waals surface area contributed by atoms with E-state index in [1.165, 1.54) is 4.68 Å². The lowest BCUT2D eigenvalue weighted by atomic mass is 10.1. The lowest BCUT2D eigenvalue weighted by Gasteiger charge is -2.09. The van der Waals surface area contributed by atoms with Gasteiger partial charge in [0.2, 0.25) is 0 Å². The number of benzene rings is 1. The van der Waals surface area contributed by atoms with Gasteiger partial charge in [0.25, 0.3) is 0 Å². The Bertz CT molecular complexity index is 642. The molecule has 1 heterocycles. The van der Waals surface area contributed by atoms with Gasteiger partial charge in [0.15, 0.2) is 5.69 Å². The minimum Gasteiger partial charge on any atom is -0.476 e. The first kappa shape index (κ1) is 12.5. The van der Waals surface area contributed by atoms with Crippen LogP contribution in [-0.2, 0) is 0 Å². The average molecular weight is 297 g/mol. The van der Waals surface area contributed by atoms with Gasteiger partial charge in [-0.05, 0) is 30.9 Å². The zero-order valence-electron chi connectivity index (χ0n) is 9.81. The molecule has 0 bridgehead atoms. The maximum Gasteiger partial charge on any atom is 0.354 e. The van der Waals surface area contributed by atoms with Gasteiger partial charge in [0.1, 0.15) is 5.69 Å². The molecule has 1 aliphatic rings. The van der Waals surface area contributed by atoms with E-state index in [9.17, 15) is 9.90 Å². The fourth-order valence-electron chi connectivity index (χ4n) is 2.13. The Morgan fingerprint density at radius 1 is 1.32 bits per heavy atom. The van der Waals surface area contributed by atoms with Crippen LogP contribution in [0.4, 0.5) is 0 Å². The molecule has 1 N–H and O–H groups in total. The highest BCUT2D eigenvalue weighted by molar-refractivity contribution is 6.37. The number of nitrogens with zero attached hydrogens (tertiary/aromatic N) is 2. The molecule has 3 rings (SSSR count). The highest BCUT2D eigenvalue weighted by Crippen LogP contribution is 2.42.